The van der Waals surface area contributed by atoms with Crippen molar-refractivity contribution in [1.82, 2.24) is 5.06 Å². The lowest BCUT2D eigenvalue weighted by Crippen LogP contribution is -2.24. The van der Waals surface area contributed by atoms with Gasteiger partial charge in [-0.1, -0.05) is 0 Å². The maximum Gasteiger partial charge on any atom is 0.124 e. The molecule has 82 valence electrons. The highest BCUT2D eigenvalue weighted by atomic mass is 16.7. The molecule has 0 aromatic carbocycles. The van der Waals surface area contributed by atoms with Crippen LogP contribution in [-0.2, 0) is 4.84 Å². The zero-order valence-electron chi connectivity index (χ0n) is 8.67. The van der Waals surface area contributed by atoms with Gasteiger partial charge < -0.3 is 4.42 Å². The van der Waals surface area contributed by atoms with Crippen LogP contribution in [0.15, 0.2) is 22.8 Å². The van der Waals surface area contributed by atoms with Gasteiger partial charge in [-0.25, -0.2) is 0 Å². The fourth-order valence-corrected chi connectivity index (χ4v) is 1.82. The summed E-state index contributed by atoms with van der Waals surface area (Å²) in [4.78, 5) is 5.39. The van der Waals surface area contributed by atoms with Crippen LogP contribution in [0.3, 0.4) is 0 Å². The van der Waals surface area contributed by atoms with Crippen LogP contribution in [0.4, 0.5) is 0 Å². The Kier molecular flexibility index (Phi) is 3.21. The summed E-state index contributed by atoms with van der Waals surface area (Å²) in [5.74, 6) is 0.465. The van der Waals surface area contributed by atoms with Crippen molar-refractivity contribution >= 4 is 0 Å². The Labute approximate surface area is 93.4 Å². The molecule has 0 radical (unpaired) electrons. The lowest BCUT2D eigenvalue weighted by Gasteiger charge is -2.20. The van der Waals surface area contributed by atoms with Gasteiger partial charge in [0.25, 0.3) is 0 Å². The van der Waals surface area contributed by atoms with E-state index in [-0.39, 0.29) is 12.0 Å². The topological polar surface area (TPSA) is 73.2 Å². The number of hydroxylamine groups is 2. The molecule has 1 aromatic rings. The second-order valence-corrected chi connectivity index (χ2v) is 3.54. The average Bonchev–Trinajstić information content (AvgIpc) is 2.94. The molecule has 1 aliphatic rings. The first kappa shape index (κ1) is 10.7. The van der Waals surface area contributed by atoms with Crippen molar-refractivity contribution in [2.75, 3.05) is 13.2 Å². The predicted octanol–water partition coefficient (Wildman–Crippen LogP) is 1.62. The highest BCUT2D eigenvalue weighted by Crippen LogP contribution is 2.34. The van der Waals surface area contributed by atoms with Crippen molar-refractivity contribution in [1.29, 1.82) is 10.5 Å². The van der Waals surface area contributed by atoms with Crippen LogP contribution in [0.2, 0.25) is 0 Å². The third-order valence-electron chi connectivity index (χ3n) is 2.56. The number of hydrogen-bond acceptors (Lipinski definition) is 5. The van der Waals surface area contributed by atoms with E-state index in [1.165, 1.54) is 0 Å². The molecule has 0 amide bonds. The molecule has 1 aliphatic heterocycles. The smallest absolute Gasteiger partial charge is 0.124 e. The molecule has 1 aromatic heterocycles. The van der Waals surface area contributed by atoms with Gasteiger partial charge in [-0.3, -0.25) is 4.84 Å². The Hall–Kier alpha value is -1.82. The van der Waals surface area contributed by atoms with Crippen LogP contribution in [0.5, 0.6) is 0 Å². The molecule has 1 saturated heterocycles. The molecule has 0 aliphatic carbocycles. The van der Waals surface area contributed by atoms with Crippen molar-refractivity contribution in [2.24, 2.45) is 5.92 Å². The second kappa shape index (κ2) is 4.80. The Bertz CT molecular complexity index is 415. The molecule has 1 fully saturated rings. The minimum Gasteiger partial charge on any atom is -0.468 e. The third-order valence-corrected chi connectivity index (χ3v) is 2.56. The maximum atomic E-state index is 9.02. The van der Waals surface area contributed by atoms with Gasteiger partial charge in [0, 0.05) is 6.54 Å². The summed E-state index contributed by atoms with van der Waals surface area (Å²) >= 11 is 0. The molecule has 2 rings (SSSR count). The molecular formula is C11H11N3O2. The molecular weight excluding hydrogens is 206 g/mol. The van der Waals surface area contributed by atoms with Gasteiger partial charge in [-0.05, 0) is 12.1 Å². The van der Waals surface area contributed by atoms with Crippen molar-refractivity contribution < 1.29 is 9.25 Å². The molecule has 2 unspecified atom stereocenters. The van der Waals surface area contributed by atoms with Crippen LogP contribution in [0.25, 0.3) is 0 Å². The lowest BCUT2D eigenvalue weighted by molar-refractivity contribution is -0.134. The van der Waals surface area contributed by atoms with Gasteiger partial charge in [0.1, 0.15) is 11.8 Å². The molecule has 5 heteroatoms. The molecule has 5 nitrogen and oxygen atoms in total. The van der Waals surface area contributed by atoms with Crippen molar-refractivity contribution in [3.63, 3.8) is 0 Å². The Balaban J connectivity index is 2.15. The second-order valence-electron chi connectivity index (χ2n) is 3.54. The summed E-state index contributed by atoms with van der Waals surface area (Å²) in [5.41, 5.74) is 0. The Morgan fingerprint density at radius 3 is 3.00 bits per heavy atom. The molecule has 0 N–H and O–H groups in total. The largest absolute Gasteiger partial charge is 0.468 e. The average molecular weight is 217 g/mol. The summed E-state index contributed by atoms with van der Waals surface area (Å²) in [5, 5.41) is 19.2. The van der Waals surface area contributed by atoms with Crippen LogP contribution in [0, 0.1) is 28.6 Å². The molecule has 2 heterocycles. The number of nitrogens with zero attached hydrogens (tertiary/aromatic N) is 3. The van der Waals surface area contributed by atoms with Crippen LogP contribution >= 0.6 is 0 Å². The summed E-state index contributed by atoms with van der Waals surface area (Å²) in [6.45, 7) is 0.841. The van der Waals surface area contributed by atoms with E-state index in [2.05, 4.69) is 12.1 Å². The van der Waals surface area contributed by atoms with Crippen molar-refractivity contribution in [2.45, 2.75) is 12.5 Å². The Morgan fingerprint density at radius 1 is 1.50 bits per heavy atom. The summed E-state index contributed by atoms with van der Waals surface area (Å²) in [6, 6.07) is 7.66. The number of furan rings is 1. The van der Waals surface area contributed by atoms with Gasteiger partial charge >= 0.3 is 0 Å². The fraction of sp³-hybridized carbons (Fsp3) is 0.455. The summed E-state index contributed by atoms with van der Waals surface area (Å²) < 4.78 is 5.30. The maximum absolute atomic E-state index is 9.02. The monoisotopic (exact) mass is 217 g/mol. The Morgan fingerprint density at radius 2 is 2.38 bits per heavy atom. The van der Waals surface area contributed by atoms with E-state index < -0.39 is 0 Å². The van der Waals surface area contributed by atoms with E-state index in [1.54, 1.807) is 17.4 Å². The lowest BCUT2D eigenvalue weighted by atomic mass is 10.0. The van der Waals surface area contributed by atoms with E-state index in [1.807, 2.05) is 6.07 Å². The van der Waals surface area contributed by atoms with E-state index >= 15 is 0 Å². The zero-order valence-corrected chi connectivity index (χ0v) is 8.67. The first-order valence-electron chi connectivity index (χ1n) is 5.06. The van der Waals surface area contributed by atoms with Gasteiger partial charge in [0.05, 0.1) is 37.3 Å². The van der Waals surface area contributed by atoms with E-state index in [0.29, 0.717) is 25.3 Å². The van der Waals surface area contributed by atoms with E-state index in [4.69, 9.17) is 19.8 Å². The van der Waals surface area contributed by atoms with Crippen LogP contribution in [0.1, 0.15) is 18.2 Å². The van der Waals surface area contributed by atoms with Gasteiger partial charge in [0.2, 0.25) is 0 Å². The highest BCUT2D eigenvalue weighted by Gasteiger charge is 2.38. The quantitative estimate of drug-likeness (QED) is 0.769. The first-order chi connectivity index (χ1) is 7.86. The summed E-state index contributed by atoms with van der Waals surface area (Å²) in [7, 11) is 0. The van der Waals surface area contributed by atoms with Crippen molar-refractivity contribution in [3.05, 3.63) is 24.2 Å². The summed E-state index contributed by atoms with van der Waals surface area (Å²) in [6.07, 6.45) is 1.94. The molecule has 2 atom stereocenters. The molecule has 0 spiro atoms. The minimum atomic E-state index is -0.246. The molecule has 0 saturated carbocycles. The predicted molar refractivity (Wildman–Crippen MR) is 53.4 cm³/mol. The number of rotatable bonds is 3. The number of hydrogen-bond donors (Lipinski definition) is 0. The van der Waals surface area contributed by atoms with Gasteiger partial charge in [-0.2, -0.15) is 15.6 Å². The normalized spacial score (nSPS) is 25.1. The minimum absolute atomic E-state index is 0.201. The zero-order chi connectivity index (χ0) is 11.4. The first-order valence-corrected chi connectivity index (χ1v) is 5.06. The van der Waals surface area contributed by atoms with E-state index in [9.17, 15) is 0 Å². The van der Waals surface area contributed by atoms with Crippen molar-refractivity contribution in [3.8, 4) is 12.1 Å². The van der Waals surface area contributed by atoms with E-state index in [0.717, 1.165) is 0 Å². The van der Waals surface area contributed by atoms with Gasteiger partial charge in [-0.15, -0.1) is 0 Å². The highest BCUT2D eigenvalue weighted by molar-refractivity contribution is 5.11. The van der Waals surface area contributed by atoms with Gasteiger partial charge in [0.15, 0.2) is 0 Å². The fourth-order valence-electron chi connectivity index (χ4n) is 1.82. The molecule has 16 heavy (non-hydrogen) atoms. The standard InChI is InChI=1S/C11H11N3O2/c12-4-2-5-14-11(9(7-13)8-16-14)10-3-1-6-15-10/h1,3,6,9,11H,2,5,8H2. The van der Waals surface area contributed by atoms with Crippen LogP contribution in [-0.4, -0.2) is 18.2 Å². The number of nitriles is 2. The van der Waals surface area contributed by atoms with Crippen LogP contribution < -0.4 is 0 Å². The SMILES string of the molecule is N#CCCN1OCC(C#N)C1c1ccco1. The third kappa shape index (κ3) is 1.92. The molecule has 0 bridgehead atoms.